The van der Waals surface area contributed by atoms with Crippen LogP contribution in [0.2, 0.25) is 0 Å². The number of Topliss-reactive ketones (excluding diaryl/α,β-unsaturated/α-hetero) is 1. The van der Waals surface area contributed by atoms with Crippen LogP contribution in [0.3, 0.4) is 0 Å². The number of carbonyl (C=O) groups is 1. The number of hydrogen-bond donors (Lipinski definition) is 0. The van der Waals surface area contributed by atoms with Crippen molar-refractivity contribution in [3.63, 3.8) is 0 Å². The molecule has 5 heteroatoms. The number of allylic oxidation sites excluding steroid dienone is 2. The molecule has 0 heterocycles. The molecule has 1 saturated carbocycles. The summed E-state index contributed by atoms with van der Waals surface area (Å²) >= 11 is 0. The van der Waals surface area contributed by atoms with Crippen LogP contribution in [-0.2, 0) is 4.79 Å². The van der Waals surface area contributed by atoms with Gasteiger partial charge in [0, 0.05) is 11.1 Å². The molecular weight excluding hydrogens is 404 g/mol. The smallest absolute Gasteiger partial charge is 0.185 e. The molecule has 0 atom stereocenters. The highest BCUT2D eigenvalue weighted by Crippen LogP contribution is 2.34. The number of rotatable bonds is 8. The summed E-state index contributed by atoms with van der Waals surface area (Å²) in [7, 11) is 3.13. The van der Waals surface area contributed by atoms with Crippen molar-refractivity contribution in [3.05, 3.63) is 58.7 Å². The Hall–Kier alpha value is -4.09. The minimum Gasteiger partial charge on any atom is -0.493 e. The van der Waals surface area contributed by atoms with Gasteiger partial charge in [-0.25, -0.2) is 0 Å². The summed E-state index contributed by atoms with van der Waals surface area (Å²) in [5.74, 6) is 7.14. The summed E-state index contributed by atoms with van der Waals surface area (Å²) in [4.78, 5) is 12.9. The molecule has 0 aliphatic heterocycles. The molecule has 32 heavy (non-hydrogen) atoms. The first-order valence-electron chi connectivity index (χ1n) is 10.0. The zero-order valence-electron chi connectivity index (χ0n) is 18.1. The van der Waals surface area contributed by atoms with Gasteiger partial charge < -0.3 is 18.9 Å². The maximum absolute atomic E-state index is 12.9. The van der Waals surface area contributed by atoms with Crippen LogP contribution in [0.25, 0.3) is 12.2 Å². The molecule has 0 aromatic heterocycles. The highest BCUT2D eigenvalue weighted by molar-refractivity contribution is 6.15. The number of benzene rings is 2. The molecule has 1 aliphatic rings. The number of ketones is 1. The van der Waals surface area contributed by atoms with Crippen molar-refractivity contribution in [3.8, 4) is 47.7 Å². The molecule has 1 aliphatic carbocycles. The molecule has 1 fully saturated rings. The van der Waals surface area contributed by atoms with Gasteiger partial charge in [0.15, 0.2) is 28.8 Å². The molecule has 3 rings (SSSR count). The molecular formula is C27H24O5. The van der Waals surface area contributed by atoms with Gasteiger partial charge in [-0.05, 0) is 60.4 Å². The number of carbonyl (C=O) groups excluding carboxylic acids is 1. The maximum atomic E-state index is 12.9. The zero-order chi connectivity index (χ0) is 22.9. The lowest BCUT2D eigenvalue weighted by Crippen LogP contribution is -1.98. The third-order valence-corrected chi connectivity index (χ3v) is 4.93. The summed E-state index contributed by atoms with van der Waals surface area (Å²) in [5.41, 5.74) is 3.21. The second-order valence-electron chi connectivity index (χ2n) is 6.97. The number of hydrogen-bond acceptors (Lipinski definition) is 5. The van der Waals surface area contributed by atoms with Crippen molar-refractivity contribution in [2.75, 3.05) is 27.4 Å². The molecule has 0 N–H and O–H groups in total. The topological polar surface area (TPSA) is 54.0 Å². The van der Waals surface area contributed by atoms with Gasteiger partial charge in [-0.2, -0.15) is 0 Å². The molecule has 0 radical (unpaired) electrons. The largest absolute Gasteiger partial charge is 0.493 e. The average molecular weight is 428 g/mol. The van der Waals surface area contributed by atoms with Crippen molar-refractivity contribution in [1.29, 1.82) is 0 Å². The second-order valence-corrected chi connectivity index (χ2v) is 6.97. The van der Waals surface area contributed by atoms with Gasteiger partial charge in [0.2, 0.25) is 0 Å². The van der Waals surface area contributed by atoms with Crippen LogP contribution < -0.4 is 18.9 Å². The summed E-state index contributed by atoms with van der Waals surface area (Å²) in [6.45, 7) is 0.316. The van der Waals surface area contributed by atoms with Crippen LogP contribution in [-0.4, -0.2) is 33.2 Å². The van der Waals surface area contributed by atoms with Gasteiger partial charge in [-0.15, -0.1) is 12.8 Å². The first kappa shape index (κ1) is 22.6. The molecule has 0 bridgehead atoms. The normalized spacial score (nSPS) is 15.3. The van der Waals surface area contributed by atoms with Crippen molar-refractivity contribution < 1.29 is 23.7 Å². The Bertz CT molecular complexity index is 1050. The van der Waals surface area contributed by atoms with E-state index < -0.39 is 0 Å². The van der Waals surface area contributed by atoms with Gasteiger partial charge in [-0.3, -0.25) is 4.79 Å². The standard InChI is InChI=1S/C27H24O5/c1-5-13-31-23-11-7-19(17-25(23)29-3)15-21-9-10-22(27(21)28)16-20-8-12-24(32-14-6-2)26(18-20)30-4/h1-2,7-8,11-12,15-18H,9-10,13-14H2,3-4H3/b21-15+,22-16+. The van der Waals surface area contributed by atoms with Crippen LogP contribution in [0, 0.1) is 24.7 Å². The minimum atomic E-state index is 0.0308. The van der Waals surface area contributed by atoms with Crippen LogP contribution in [0.4, 0.5) is 0 Å². The first-order chi connectivity index (χ1) is 15.6. The van der Waals surface area contributed by atoms with E-state index in [9.17, 15) is 4.79 Å². The van der Waals surface area contributed by atoms with Crippen molar-refractivity contribution in [1.82, 2.24) is 0 Å². The lowest BCUT2D eigenvalue weighted by molar-refractivity contribution is -0.111. The molecule has 2 aromatic rings. The minimum absolute atomic E-state index is 0.0308. The van der Waals surface area contributed by atoms with E-state index >= 15 is 0 Å². The Morgan fingerprint density at radius 2 is 1.22 bits per heavy atom. The molecule has 0 unspecified atom stereocenters. The van der Waals surface area contributed by atoms with Crippen LogP contribution in [0.15, 0.2) is 47.5 Å². The zero-order valence-corrected chi connectivity index (χ0v) is 18.1. The molecule has 5 nitrogen and oxygen atoms in total. The van der Waals surface area contributed by atoms with Crippen LogP contribution in [0.1, 0.15) is 24.0 Å². The fourth-order valence-corrected chi connectivity index (χ4v) is 3.41. The predicted molar refractivity (Wildman–Crippen MR) is 125 cm³/mol. The second kappa shape index (κ2) is 10.8. The summed E-state index contributed by atoms with van der Waals surface area (Å²) in [6, 6.07) is 11.0. The highest BCUT2D eigenvalue weighted by atomic mass is 16.5. The fourth-order valence-electron chi connectivity index (χ4n) is 3.41. The third-order valence-electron chi connectivity index (χ3n) is 4.93. The Morgan fingerprint density at radius 3 is 1.59 bits per heavy atom. The predicted octanol–water partition coefficient (Wildman–Crippen LogP) is 4.56. The Kier molecular flexibility index (Phi) is 7.62. The Balaban J connectivity index is 1.80. The van der Waals surface area contributed by atoms with Crippen LogP contribution >= 0.6 is 0 Å². The van der Waals surface area contributed by atoms with Gasteiger partial charge in [0.25, 0.3) is 0 Å². The van der Waals surface area contributed by atoms with Crippen molar-refractivity contribution in [2.24, 2.45) is 0 Å². The van der Waals surface area contributed by atoms with Gasteiger partial charge in [0.1, 0.15) is 13.2 Å². The van der Waals surface area contributed by atoms with E-state index in [4.69, 9.17) is 31.8 Å². The Labute approximate surface area is 188 Å². The fraction of sp³-hybridized carbons (Fsp3) is 0.222. The average Bonchev–Trinajstić information content (AvgIpc) is 3.15. The highest BCUT2D eigenvalue weighted by Gasteiger charge is 2.23. The van der Waals surface area contributed by atoms with E-state index in [1.807, 2.05) is 36.4 Å². The number of ether oxygens (including phenoxy) is 4. The summed E-state index contributed by atoms with van der Waals surface area (Å²) in [5, 5.41) is 0. The maximum Gasteiger partial charge on any atom is 0.185 e. The van der Waals surface area contributed by atoms with Crippen molar-refractivity contribution >= 4 is 17.9 Å². The van der Waals surface area contributed by atoms with Gasteiger partial charge in [0.05, 0.1) is 14.2 Å². The van der Waals surface area contributed by atoms with E-state index in [0.29, 0.717) is 35.8 Å². The lowest BCUT2D eigenvalue weighted by atomic mass is 10.1. The van der Waals surface area contributed by atoms with Gasteiger partial charge in [-0.1, -0.05) is 24.0 Å². The first-order valence-corrected chi connectivity index (χ1v) is 10.0. The van der Waals surface area contributed by atoms with Crippen molar-refractivity contribution in [2.45, 2.75) is 12.8 Å². The molecule has 0 spiro atoms. The van der Waals surface area contributed by atoms with E-state index in [-0.39, 0.29) is 19.0 Å². The monoisotopic (exact) mass is 428 g/mol. The number of methoxy groups -OCH3 is 2. The third kappa shape index (κ3) is 5.33. The number of terminal acetylenes is 2. The molecule has 0 saturated heterocycles. The van der Waals surface area contributed by atoms with E-state index in [1.54, 1.807) is 26.4 Å². The molecule has 0 amide bonds. The van der Waals surface area contributed by atoms with Gasteiger partial charge >= 0.3 is 0 Å². The molecule has 2 aromatic carbocycles. The quantitative estimate of drug-likeness (QED) is 0.456. The lowest BCUT2D eigenvalue weighted by Gasteiger charge is -2.09. The van der Waals surface area contributed by atoms with E-state index in [1.165, 1.54) is 0 Å². The van der Waals surface area contributed by atoms with Crippen LogP contribution in [0.5, 0.6) is 23.0 Å². The Morgan fingerprint density at radius 1 is 0.781 bits per heavy atom. The van der Waals surface area contributed by atoms with E-state index in [2.05, 4.69) is 11.8 Å². The summed E-state index contributed by atoms with van der Waals surface area (Å²) < 4.78 is 21.7. The summed E-state index contributed by atoms with van der Waals surface area (Å²) in [6.07, 6.45) is 15.6. The molecule has 162 valence electrons. The van der Waals surface area contributed by atoms with E-state index in [0.717, 1.165) is 22.3 Å². The SMILES string of the molecule is C#CCOc1ccc(/C=C2\CC/C(=C\c3ccc(OCC#C)c(OC)c3)C2=O)cc1OC.